The van der Waals surface area contributed by atoms with Crippen molar-refractivity contribution in [2.24, 2.45) is 0 Å². The summed E-state index contributed by atoms with van der Waals surface area (Å²) < 4.78 is 44.8. The molecule has 0 amide bonds. The maximum atomic E-state index is 11.8. The monoisotopic (exact) mass is 249 g/mol. The van der Waals surface area contributed by atoms with Gasteiger partial charge in [0.2, 0.25) is 0 Å². The fourth-order valence-corrected chi connectivity index (χ4v) is 1.23. The molecule has 1 aromatic carbocycles. The fraction of sp³-hybridized carbons (Fsp3) is 0.455. The summed E-state index contributed by atoms with van der Waals surface area (Å²) in [5.41, 5.74) is 7.84. The van der Waals surface area contributed by atoms with Crippen molar-refractivity contribution in [3.8, 4) is 5.75 Å². The van der Waals surface area contributed by atoms with Gasteiger partial charge in [-0.2, -0.15) is 13.2 Å². The summed E-state index contributed by atoms with van der Waals surface area (Å²) in [5.74, 6) is 0.471. The molecule has 0 aliphatic heterocycles. The van der Waals surface area contributed by atoms with E-state index in [1.807, 2.05) is 0 Å². The van der Waals surface area contributed by atoms with Crippen molar-refractivity contribution in [3.05, 3.63) is 23.3 Å². The van der Waals surface area contributed by atoms with Crippen LogP contribution in [0.15, 0.2) is 12.1 Å². The molecule has 0 radical (unpaired) electrons. The van der Waals surface area contributed by atoms with E-state index in [4.69, 9.17) is 10.5 Å². The van der Waals surface area contributed by atoms with Crippen LogP contribution in [0.1, 0.15) is 11.1 Å². The zero-order valence-electron chi connectivity index (χ0n) is 9.60. The van der Waals surface area contributed by atoms with Crippen LogP contribution < -0.4 is 10.5 Å². The maximum Gasteiger partial charge on any atom is 0.411 e. The topological polar surface area (TPSA) is 44.5 Å². The van der Waals surface area contributed by atoms with Crippen LogP contribution in [-0.4, -0.2) is 19.6 Å². The Balaban J connectivity index is 2.50. The number of halogens is 3. The van der Waals surface area contributed by atoms with Gasteiger partial charge in [-0.3, -0.25) is 0 Å². The standard InChI is InChI=1S/C11H14F3NO2/c1-7-4-10(8(2)3-9(7)15)17-6-16-5-11(12,13)14/h3-4H,5-6,15H2,1-2H3. The average Bonchev–Trinajstić information content (AvgIpc) is 2.18. The van der Waals surface area contributed by atoms with Gasteiger partial charge in [0.1, 0.15) is 12.4 Å². The largest absolute Gasteiger partial charge is 0.467 e. The van der Waals surface area contributed by atoms with Gasteiger partial charge < -0.3 is 15.2 Å². The molecule has 96 valence electrons. The lowest BCUT2D eigenvalue weighted by Gasteiger charge is -2.12. The molecular formula is C11H14F3NO2. The Morgan fingerprint density at radius 3 is 2.41 bits per heavy atom. The van der Waals surface area contributed by atoms with Crippen molar-refractivity contribution in [3.63, 3.8) is 0 Å². The molecule has 1 aromatic rings. The van der Waals surface area contributed by atoms with Crippen molar-refractivity contribution in [1.29, 1.82) is 0 Å². The molecule has 0 bridgehead atoms. The smallest absolute Gasteiger partial charge is 0.411 e. The summed E-state index contributed by atoms with van der Waals surface area (Å²) >= 11 is 0. The van der Waals surface area contributed by atoms with E-state index in [0.29, 0.717) is 11.4 Å². The number of rotatable bonds is 4. The van der Waals surface area contributed by atoms with Crippen molar-refractivity contribution < 1.29 is 22.6 Å². The molecule has 0 heterocycles. The molecular weight excluding hydrogens is 235 g/mol. The molecule has 17 heavy (non-hydrogen) atoms. The van der Waals surface area contributed by atoms with Gasteiger partial charge in [-0.05, 0) is 37.1 Å². The lowest BCUT2D eigenvalue weighted by atomic mass is 10.1. The average molecular weight is 249 g/mol. The van der Waals surface area contributed by atoms with Crippen LogP contribution >= 0.6 is 0 Å². The van der Waals surface area contributed by atoms with E-state index in [1.165, 1.54) is 0 Å². The number of nitrogens with two attached hydrogens (primary N) is 1. The maximum absolute atomic E-state index is 11.8. The Kier molecular flexibility index (Phi) is 4.22. The molecule has 0 saturated heterocycles. The van der Waals surface area contributed by atoms with E-state index in [2.05, 4.69) is 4.74 Å². The predicted molar refractivity (Wildman–Crippen MR) is 57.8 cm³/mol. The van der Waals surface area contributed by atoms with Crippen molar-refractivity contribution >= 4 is 5.69 Å². The molecule has 0 aliphatic carbocycles. The summed E-state index contributed by atoms with van der Waals surface area (Å²) in [6, 6.07) is 3.37. The number of nitrogen functional groups attached to an aromatic ring is 1. The first-order valence-corrected chi connectivity index (χ1v) is 4.93. The SMILES string of the molecule is Cc1cc(OCOCC(F)(F)F)c(C)cc1N. The lowest BCUT2D eigenvalue weighted by Crippen LogP contribution is -2.19. The van der Waals surface area contributed by atoms with Gasteiger partial charge >= 0.3 is 6.18 Å². The van der Waals surface area contributed by atoms with Gasteiger partial charge in [0, 0.05) is 5.69 Å². The number of alkyl halides is 3. The Labute approximate surface area is 97.3 Å². The third-order valence-corrected chi connectivity index (χ3v) is 2.13. The molecule has 0 aliphatic rings. The second-order valence-corrected chi connectivity index (χ2v) is 3.70. The molecule has 1 rings (SSSR count). The minimum Gasteiger partial charge on any atom is -0.467 e. The van der Waals surface area contributed by atoms with Crippen LogP contribution in [0.4, 0.5) is 18.9 Å². The molecule has 6 heteroatoms. The van der Waals surface area contributed by atoms with Gasteiger partial charge in [-0.1, -0.05) is 0 Å². The van der Waals surface area contributed by atoms with E-state index in [-0.39, 0.29) is 0 Å². The zero-order valence-corrected chi connectivity index (χ0v) is 9.60. The molecule has 0 unspecified atom stereocenters. The Bertz CT molecular complexity index is 391. The fourth-order valence-electron chi connectivity index (χ4n) is 1.23. The second-order valence-electron chi connectivity index (χ2n) is 3.70. The highest BCUT2D eigenvalue weighted by molar-refractivity contribution is 5.53. The third kappa shape index (κ3) is 4.52. The Morgan fingerprint density at radius 1 is 1.18 bits per heavy atom. The molecule has 0 saturated carbocycles. The van der Waals surface area contributed by atoms with E-state index in [9.17, 15) is 13.2 Å². The van der Waals surface area contributed by atoms with E-state index in [0.717, 1.165) is 11.1 Å². The zero-order chi connectivity index (χ0) is 13.1. The Morgan fingerprint density at radius 2 is 1.82 bits per heavy atom. The van der Waals surface area contributed by atoms with Crippen LogP contribution in [0.2, 0.25) is 0 Å². The van der Waals surface area contributed by atoms with E-state index in [1.54, 1.807) is 26.0 Å². The van der Waals surface area contributed by atoms with Crippen molar-refractivity contribution in [1.82, 2.24) is 0 Å². The van der Waals surface area contributed by atoms with Crippen molar-refractivity contribution in [2.45, 2.75) is 20.0 Å². The molecule has 0 fully saturated rings. The summed E-state index contributed by atoms with van der Waals surface area (Å²) in [7, 11) is 0. The van der Waals surface area contributed by atoms with Gasteiger partial charge in [0.05, 0.1) is 0 Å². The summed E-state index contributed by atoms with van der Waals surface area (Å²) in [6.07, 6.45) is -4.34. The number of hydrogen-bond donors (Lipinski definition) is 1. The number of ether oxygens (including phenoxy) is 2. The Hall–Kier alpha value is -1.43. The van der Waals surface area contributed by atoms with Gasteiger partial charge in [0.15, 0.2) is 6.79 Å². The third-order valence-electron chi connectivity index (χ3n) is 2.13. The minimum atomic E-state index is -4.34. The van der Waals surface area contributed by atoms with Crippen LogP contribution in [0.25, 0.3) is 0 Å². The van der Waals surface area contributed by atoms with Crippen LogP contribution in [0.3, 0.4) is 0 Å². The highest BCUT2D eigenvalue weighted by atomic mass is 19.4. The second kappa shape index (κ2) is 5.27. The van der Waals surface area contributed by atoms with Crippen LogP contribution in [0.5, 0.6) is 5.75 Å². The highest BCUT2D eigenvalue weighted by Crippen LogP contribution is 2.24. The molecule has 3 nitrogen and oxygen atoms in total. The number of benzene rings is 1. The van der Waals surface area contributed by atoms with Gasteiger partial charge in [-0.25, -0.2) is 0 Å². The summed E-state index contributed by atoms with van der Waals surface area (Å²) in [6.45, 7) is 1.79. The molecule has 0 atom stereocenters. The van der Waals surface area contributed by atoms with Crippen LogP contribution in [-0.2, 0) is 4.74 Å². The first-order valence-electron chi connectivity index (χ1n) is 4.93. The first-order chi connectivity index (χ1) is 7.79. The number of hydrogen-bond acceptors (Lipinski definition) is 3. The summed E-state index contributed by atoms with van der Waals surface area (Å²) in [5, 5.41) is 0. The minimum absolute atomic E-state index is 0.441. The summed E-state index contributed by atoms with van der Waals surface area (Å²) in [4.78, 5) is 0. The first kappa shape index (κ1) is 13.6. The van der Waals surface area contributed by atoms with E-state index < -0.39 is 19.6 Å². The van der Waals surface area contributed by atoms with Gasteiger partial charge in [0.25, 0.3) is 0 Å². The highest BCUT2D eigenvalue weighted by Gasteiger charge is 2.27. The quantitative estimate of drug-likeness (QED) is 0.507. The van der Waals surface area contributed by atoms with Gasteiger partial charge in [-0.15, -0.1) is 0 Å². The molecule has 2 N–H and O–H groups in total. The normalized spacial score (nSPS) is 11.6. The number of aryl methyl sites for hydroxylation is 2. The predicted octanol–water partition coefficient (Wildman–Crippen LogP) is 2.80. The van der Waals surface area contributed by atoms with Crippen LogP contribution in [0, 0.1) is 13.8 Å². The van der Waals surface area contributed by atoms with E-state index >= 15 is 0 Å². The van der Waals surface area contributed by atoms with Crippen molar-refractivity contribution in [2.75, 3.05) is 19.1 Å². The lowest BCUT2D eigenvalue weighted by molar-refractivity contribution is -0.186. The molecule has 0 spiro atoms. The number of anilines is 1. The molecule has 0 aromatic heterocycles.